The van der Waals surface area contributed by atoms with Gasteiger partial charge in [0.1, 0.15) is 6.54 Å². The summed E-state index contributed by atoms with van der Waals surface area (Å²) >= 11 is 0. The molecule has 7 heteroatoms. The molecule has 0 radical (unpaired) electrons. The zero-order valence-corrected chi connectivity index (χ0v) is 7.58. The normalized spacial score (nSPS) is 9.50. The summed E-state index contributed by atoms with van der Waals surface area (Å²) in [6.07, 6.45) is 1.42. The lowest BCUT2D eigenvalue weighted by molar-refractivity contribution is -0.137. The van der Waals surface area contributed by atoms with Crippen LogP contribution in [-0.2, 0) is 17.9 Å². The molecule has 0 atom stereocenters. The zero-order valence-electron chi connectivity index (χ0n) is 7.58. The summed E-state index contributed by atoms with van der Waals surface area (Å²) in [5.74, 6) is -0.954. The molecular weight excluding hydrogens is 186 g/mol. The standard InChI is InChI=1S/C7H9N5O2/c1-5-6(2-10-11-8)12(4-9-5)3-7(13)14/h4H,2-3H2,1H3,(H,13,14). The minimum Gasteiger partial charge on any atom is -0.480 e. The summed E-state index contributed by atoms with van der Waals surface area (Å²) in [7, 11) is 0. The minimum absolute atomic E-state index is 0.121. The second-order valence-electron chi connectivity index (χ2n) is 2.69. The van der Waals surface area contributed by atoms with Crippen molar-refractivity contribution in [1.82, 2.24) is 9.55 Å². The Kier molecular flexibility index (Phi) is 3.09. The molecule has 0 aromatic carbocycles. The number of hydrogen-bond acceptors (Lipinski definition) is 3. The van der Waals surface area contributed by atoms with E-state index in [-0.39, 0.29) is 13.1 Å². The Morgan fingerprint density at radius 3 is 3.14 bits per heavy atom. The van der Waals surface area contributed by atoms with Crippen molar-refractivity contribution in [2.24, 2.45) is 5.11 Å². The van der Waals surface area contributed by atoms with Crippen LogP contribution in [0.5, 0.6) is 0 Å². The van der Waals surface area contributed by atoms with E-state index >= 15 is 0 Å². The van der Waals surface area contributed by atoms with Crippen molar-refractivity contribution in [3.8, 4) is 0 Å². The van der Waals surface area contributed by atoms with Crippen molar-refractivity contribution < 1.29 is 9.90 Å². The van der Waals surface area contributed by atoms with Gasteiger partial charge in [0.05, 0.1) is 18.6 Å². The third-order valence-electron chi connectivity index (χ3n) is 1.74. The Labute approximate surface area is 79.6 Å². The Balaban J connectivity index is 2.93. The van der Waals surface area contributed by atoms with E-state index < -0.39 is 5.97 Å². The van der Waals surface area contributed by atoms with E-state index in [1.807, 2.05) is 0 Å². The largest absolute Gasteiger partial charge is 0.480 e. The number of carboxylic acid groups (broad SMARTS) is 1. The van der Waals surface area contributed by atoms with Crippen LogP contribution in [0.4, 0.5) is 0 Å². The van der Waals surface area contributed by atoms with Crippen LogP contribution in [0.3, 0.4) is 0 Å². The molecule has 1 aromatic heterocycles. The van der Waals surface area contributed by atoms with Crippen molar-refractivity contribution >= 4 is 5.97 Å². The highest BCUT2D eigenvalue weighted by Crippen LogP contribution is 2.07. The fourth-order valence-electron chi connectivity index (χ4n) is 1.09. The zero-order chi connectivity index (χ0) is 10.6. The van der Waals surface area contributed by atoms with Gasteiger partial charge in [-0.25, -0.2) is 4.98 Å². The Morgan fingerprint density at radius 1 is 1.86 bits per heavy atom. The topological polar surface area (TPSA) is 104 Å². The molecule has 0 saturated carbocycles. The van der Waals surface area contributed by atoms with Crippen molar-refractivity contribution in [2.75, 3.05) is 0 Å². The molecule has 0 aliphatic carbocycles. The molecule has 14 heavy (non-hydrogen) atoms. The molecule has 1 rings (SSSR count). The van der Waals surface area contributed by atoms with Gasteiger partial charge in [0.25, 0.3) is 0 Å². The third-order valence-corrected chi connectivity index (χ3v) is 1.74. The highest BCUT2D eigenvalue weighted by Gasteiger charge is 2.08. The van der Waals surface area contributed by atoms with E-state index in [0.717, 1.165) is 0 Å². The van der Waals surface area contributed by atoms with Gasteiger partial charge in [0.15, 0.2) is 0 Å². The van der Waals surface area contributed by atoms with Crippen LogP contribution in [0, 0.1) is 6.92 Å². The van der Waals surface area contributed by atoms with E-state index in [1.165, 1.54) is 10.9 Å². The van der Waals surface area contributed by atoms with Crippen molar-refractivity contribution in [3.63, 3.8) is 0 Å². The maximum absolute atomic E-state index is 10.5. The van der Waals surface area contributed by atoms with E-state index in [2.05, 4.69) is 15.0 Å². The summed E-state index contributed by atoms with van der Waals surface area (Å²) in [5.41, 5.74) is 9.45. The van der Waals surface area contributed by atoms with Gasteiger partial charge in [-0.3, -0.25) is 4.79 Å². The van der Waals surface area contributed by atoms with Gasteiger partial charge in [0.2, 0.25) is 0 Å². The van der Waals surface area contributed by atoms with Gasteiger partial charge in [-0.15, -0.1) is 0 Å². The first-order valence-corrected chi connectivity index (χ1v) is 3.88. The average Bonchev–Trinajstić information content (AvgIpc) is 2.44. The third kappa shape index (κ3) is 2.24. The van der Waals surface area contributed by atoms with Gasteiger partial charge >= 0.3 is 5.97 Å². The van der Waals surface area contributed by atoms with Crippen LogP contribution < -0.4 is 0 Å². The average molecular weight is 195 g/mol. The molecule has 0 spiro atoms. The molecule has 0 saturated heterocycles. The van der Waals surface area contributed by atoms with Crippen LogP contribution in [0.2, 0.25) is 0 Å². The number of carbonyl (C=O) groups is 1. The monoisotopic (exact) mass is 195 g/mol. The first-order valence-electron chi connectivity index (χ1n) is 3.88. The molecule has 0 bridgehead atoms. The second kappa shape index (κ2) is 4.29. The molecule has 0 unspecified atom stereocenters. The highest BCUT2D eigenvalue weighted by molar-refractivity contribution is 5.66. The number of azide groups is 1. The number of carboxylic acids is 1. The van der Waals surface area contributed by atoms with E-state index in [1.54, 1.807) is 6.92 Å². The number of aromatic nitrogens is 2. The molecule has 0 fully saturated rings. The molecular formula is C7H9N5O2. The van der Waals surface area contributed by atoms with E-state index in [9.17, 15) is 4.79 Å². The van der Waals surface area contributed by atoms with E-state index in [4.69, 9.17) is 10.6 Å². The summed E-state index contributed by atoms with van der Waals surface area (Å²) in [5, 5.41) is 11.9. The minimum atomic E-state index is -0.954. The van der Waals surface area contributed by atoms with Crippen LogP contribution in [-0.4, -0.2) is 20.6 Å². The van der Waals surface area contributed by atoms with Crippen LogP contribution >= 0.6 is 0 Å². The van der Waals surface area contributed by atoms with Crippen molar-refractivity contribution in [1.29, 1.82) is 0 Å². The molecule has 1 N–H and O–H groups in total. The molecule has 0 aliphatic rings. The molecule has 74 valence electrons. The predicted octanol–water partition coefficient (Wildman–Crippen LogP) is 1.09. The smallest absolute Gasteiger partial charge is 0.323 e. The Bertz CT molecular complexity index is 391. The highest BCUT2D eigenvalue weighted by atomic mass is 16.4. The van der Waals surface area contributed by atoms with Crippen molar-refractivity contribution in [3.05, 3.63) is 28.2 Å². The molecule has 7 nitrogen and oxygen atoms in total. The molecule has 0 amide bonds. The summed E-state index contributed by atoms with van der Waals surface area (Å²) in [6.45, 7) is 1.69. The molecule has 1 aromatic rings. The second-order valence-corrected chi connectivity index (χ2v) is 2.69. The Morgan fingerprint density at radius 2 is 2.57 bits per heavy atom. The van der Waals surface area contributed by atoms with Gasteiger partial charge < -0.3 is 9.67 Å². The van der Waals surface area contributed by atoms with Gasteiger partial charge in [-0.05, 0) is 12.5 Å². The SMILES string of the molecule is Cc1ncn(CC(=O)O)c1CN=[N+]=[N-]. The molecule has 0 aliphatic heterocycles. The van der Waals surface area contributed by atoms with Crippen LogP contribution in [0.1, 0.15) is 11.4 Å². The number of rotatable bonds is 4. The number of aliphatic carboxylic acids is 1. The van der Waals surface area contributed by atoms with Crippen molar-refractivity contribution in [2.45, 2.75) is 20.0 Å². The van der Waals surface area contributed by atoms with Gasteiger partial charge in [-0.1, -0.05) is 5.11 Å². The lowest BCUT2D eigenvalue weighted by Gasteiger charge is -2.02. The van der Waals surface area contributed by atoms with Gasteiger partial charge in [-0.2, -0.15) is 0 Å². The van der Waals surface area contributed by atoms with Crippen LogP contribution in [0.15, 0.2) is 11.4 Å². The first-order chi connectivity index (χ1) is 6.65. The summed E-state index contributed by atoms with van der Waals surface area (Å²) < 4.78 is 1.45. The number of nitrogens with zero attached hydrogens (tertiary/aromatic N) is 5. The Hall–Kier alpha value is -2.01. The maximum Gasteiger partial charge on any atom is 0.323 e. The predicted molar refractivity (Wildman–Crippen MR) is 47.4 cm³/mol. The lowest BCUT2D eigenvalue weighted by Crippen LogP contribution is -2.10. The fraction of sp³-hybridized carbons (Fsp3) is 0.429. The quantitative estimate of drug-likeness (QED) is 0.441. The lowest BCUT2D eigenvalue weighted by atomic mass is 10.3. The van der Waals surface area contributed by atoms with Crippen LogP contribution in [0.25, 0.3) is 10.4 Å². The number of hydrogen-bond donors (Lipinski definition) is 1. The van der Waals surface area contributed by atoms with E-state index in [0.29, 0.717) is 11.4 Å². The summed E-state index contributed by atoms with van der Waals surface area (Å²) in [4.78, 5) is 17.0. The number of aryl methyl sites for hydroxylation is 1. The maximum atomic E-state index is 10.5. The molecule has 1 heterocycles. The number of imidazole rings is 1. The summed E-state index contributed by atoms with van der Waals surface area (Å²) in [6, 6.07) is 0. The van der Waals surface area contributed by atoms with Gasteiger partial charge in [0, 0.05) is 10.6 Å². The fourth-order valence-corrected chi connectivity index (χ4v) is 1.09. The first kappa shape index (κ1) is 10.1.